The lowest BCUT2D eigenvalue weighted by atomic mass is 9.47. The number of hydrogen-bond donors (Lipinski definition) is 0. The third-order valence-electron chi connectivity index (χ3n) is 8.63. The molecule has 2 heteroatoms. The third-order valence-corrected chi connectivity index (χ3v) is 8.63. The first-order valence-electron chi connectivity index (χ1n) is 9.84. The number of hydrogen-bond acceptors (Lipinski definition) is 0. The summed E-state index contributed by atoms with van der Waals surface area (Å²) in [4.78, 5) is 0. The molecule has 6 atom stereocenters. The highest BCUT2D eigenvalue weighted by molar-refractivity contribution is 5.24. The van der Waals surface area contributed by atoms with Gasteiger partial charge in [0, 0.05) is 5.92 Å². The van der Waals surface area contributed by atoms with Gasteiger partial charge in [-0.2, -0.15) is 0 Å². The van der Waals surface area contributed by atoms with Gasteiger partial charge in [0.25, 0.3) is 0 Å². The maximum atomic E-state index is 14.2. The van der Waals surface area contributed by atoms with Gasteiger partial charge >= 0.3 is 0 Å². The molecule has 3 saturated carbocycles. The van der Waals surface area contributed by atoms with Crippen LogP contribution in [0.25, 0.3) is 0 Å². The first-order valence-corrected chi connectivity index (χ1v) is 9.84. The van der Waals surface area contributed by atoms with Gasteiger partial charge in [0.1, 0.15) is 0 Å². The van der Waals surface area contributed by atoms with Gasteiger partial charge in [-0.25, -0.2) is 8.78 Å². The van der Waals surface area contributed by atoms with Gasteiger partial charge in [-0.15, -0.1) is 0 Å². The number of alkyl halides is 2. The molecule has 23 heavy (non-hydrogen) atoms. The maximum absolute atomic E-state index is 14.2. The molecule has 0 N–H and O–H groups in total. The van der Waals surface area contributed by atoms with Crippen molar-refractivity contribution in [3.05, 3.63) is 11.6 Å². The van der Waals surface area contributed by atoms with Crippen molar-refractivity contribution >= 4 is 0 Å². The Kier molecular flexibility index (Phi) is 3.53. The zero-order valence-electron chi connectivity index (χ0n) is 15.0. The SMILES string of the molecule is CC(F)(F)[C@H]1CC[C@H]2[C@@H]3CC=C4CCCC[C@]4(C)[C@H]3CC[C@]12C. The molecule has 0 aromatic heterocycles. The highest BCUT2D eigenvalue weighted by Crippen LogP contribution is 2.67. The van der Waals surface area contributed by atoms with E-state index in [9.17, 15) is 8.78 Å². The van der Waals surface area contributed by atoms with E-state index in [1.54, 1.807) is 5.57 Å². The standard InChI is InChI=1S/C21H32F2/c1-19-12-5-4-6-14(19)7-8-15-16-9-10-18(21(3,22)23)20(16,2)13-11-17(15)19/h7,15-18H,4-6,8-13H2,1-3H3/t15-,16-,17-,18-,19-,20-/m0/s1. The van der Waals surface area contributed by atoms with Crippen LogP contribution in [0.1, 0.15) is 78.6 Å². The van der Waals surface area contributed by atoms with Crippen LogP contribution < -0.4 is 0 Å². The van der Waals surface area contributed by atoms with Crippen molar-refractivity contribution in [1.82, 2.24) is 0 Å². The summed E-state index contributed by atoms with van der Waals surface area (Å²) in [7, 11) is 0. The zero-order chi connectivity index (χ0) is 16.5. The summed E-state index contributed by atoms with van der Waals surface area (Å²) in [6.45, 7) is 5.86. The highest BCUT2D eigenvalue weighted by atomic mass is 19.3. The Morgan fingerprint density at radius 3 is 2.57 bits per heavy atom. The second kappa shape index (κ2) is 5.05. The number of allylic oxidation sites excluding steroid dienone is 2. The van der Waals surface area contributed by atoms with Crippen molar-refractivity contribution < 1.29 is 8.78 Å². The van der Waals surface area contributed by atoms with Gasteiger partial charge in [-0.05, 0) is 86.9 Å². The highest BCUT2D eigenvalue weighted by Gasteiger charge is 2.61. The van der Waals surface area contributed by atoms with Gasteiger partial charge in [-0.3, -0.25) is 0 Å². The Hall–Kier alpha value is -0.400. The summed E-state index contributed by atoms with van der Waals surface area (Å²) in [5, 5.41) is 0. The van der Waals surface area contributed by atoms with Crippen LogP contribution in [0.15, 0.2) is 11.6 Å². The second-order valence-electron chi connectivity index (χ2n) is 9.60. The molecule has 3 fully saturated rings. The topological polar surface area (TPSA) is 0 Å². The predicted molar refractivity (Wildman–Crippen MR) is 90.4 cm³/mol. The fraction of sp³-hybridized carbons (Fsp3) is 0.905. The van der Waals surface area contributed by atoms with E-state index < -0.39 is 11.8 Å². The Morgan fingerprint density at radius 1 is 1.04 bits per heavy atom. The largest absolute Gasteiger partial charge is 0.248 e. The predicted octanol–water partition coefficient (Wildman–Crippen LogP) is 6.61. The molecule has 0 amide bonds. The van der Waals surface area contributed by atoms with Crippen molar-refractivity contribution in [3.8, 4) is 0 Å². The van der Waals surface area contributed by atoms with Crippen molar-refractivity contribution in [2.45, 2.75) is 84.5 Å². The van der Waals surface area contributed by atoms with E-state index in [4.69, 9.17) is 0 Å². The molecule has 4 rings (SSSR count). The molecular formula is C21H32F2. The summed E-state index contributed by atoms with van der Waals surface area (Å²) < 4.78 is 28.4. The fourth-order valence-electron chi connectivity index (χ4n) is 7.53. The van der Waals surface area contributed by atoms with Crippen molar-refractivity contribution in [1.29, 1.82) is 0 Å². The molecule has 0 bridgehead atoms. The van der Waals surface area contributed by atoms with E-state index in [-0.39, 0.29) is 5.41 Å². The van der Waals surface area contributed by atoms with E-state index in [0.717, 1.165) is 31.6 Å². The Bertz CT molecular complexity index is 516. The number of halogens is 2. The van der Waals surface area contributed by atoms with Crippen LogP contribution in [0.4, 0.5) is 8.78 Å². The molecule has 0 aromatic carbocycles. The van der Waals surface area contributed by atoms with Gasteiger partial charge in [-0.1, -0.05) is 31.9 Å². The lowest BCUT2D eigenvalue weighted by Gasteiger charge is -2.58. The van der Waals surface area contributed by atoms with Crippen LogP contribution in [-0.4, -0.2) is 5.92 Å². The van der Waals surface area contributed by atoms with Crippen molar-refractivity contribution in [2.75, 3.05) is 0 Å². The molecule has 4 aliphatic carbocycles. The van der Waals surface area contributed by atoms with Crippen LogP contribution in [0.2, 0.25) is 0 Å². The molecule has 4 aliphatic rings. The van der Waals surface area contributed by atoms with Crippen molar-refractivity contribution in [3.63, 3.8) is 0 Å². The molecule has 0 nitrogen and oxygen atoms in total. The Labute approximate surface area is 140 Å². The molecule has 0 unspecified atom stereocenters. The first kappa shape index (κ1) is 16.1. The molecule has 0 aliphatic heterocycles. The normalized spacial score (nSPS) is 49.9. The minimum absolute atomic E-state index is 0.129. The molecule has 0 aromatic rings. The van der Waals surface area contributed by atoms with Crippen LogP contribution in [-0.2, 0) is 0 Å². The van der Waals surface area contributed by atoms with Crippen LogP contribution >= 0.6 is 0 Å². The first-order chi connectivity index (χ1) is 10.8. The van der Waals surface area contributed by atoms with Gasteiger partial charge in [0.05, 0.1) is 0 Å². The average Bonchev–Trinajstić information content (AvgIpc) is 2.84. The minimum atomic E-state index is -2.51. The Morgan fingerprint density at radius 2 is 1.83 bits per heavy atom. The van der Waals surface area contributed by atoms with Gasteiger partial charge in [0.15, 0.2) is 0 Å². The molecule has 0 radical (unpaired) electrons. The third kappa shape index (κ3) is 2.19. The van der Waals surface area contributed by atoms with Gasteiger partial charge < -0.3 is 0 Å². The second-order valence-corrected chi connectivity index (χ2v) is 9.60. The summed E-state index contributed by atoms with van der Waals surface area (Å²) in [6, 6.07) is 0. The smallest absolute Gasteiger partial charge is 0.207 e. The Balaban J connectivity index is 1.67. The van der Waals surface area contributed by atoms with Gasteiger partial charge in [0.2, 0.25) is 5.92 Å². The number of rotatable bonds is 1. The maximum Gasteiger partial charge on any atom is 0.248 e. The molecule has 0 heterocycles. The van der Waals surface area contributed by atoms with E-state index in [2.05, 4.69) is 19.9 Å². The van der Waals surface area contributed by atoms with Crippen molar-refractivity contribution in [2.24, 2.45) is 34.5 Å². The summed E-state index contributed by atoms with van der Waals surface area (Å²) in [6.07, 6.45) is 13.0. The summed E-state index contributed by atoms with van der Waals surface area (Å²) in [5.74, 6) is -0.974. The van der Waals surface area contributed by atoms with E-state index in [1.165, 1.54) is 39.0 Å². The van der Waals surface area contributed by atoms with Crippen LogP contribution in [0.3, 0.4) is 0 Å². The summed E-state index contributed by atoms with van der Waals surface area (Å²) >= 11 is 0. The van der Waals surface area contributed by atoms with Crippen LogP contribution in [0.5, 0.6) is 0 Å². The molecule has 0 saturated heterocycles. The lowest BCUT2D eigenvalue weighted by Crippen LogP contribution is -2.51. The monoisotopic (exact) mass is 322 g/mol. The molecule has 130 valence electrons. The van der Waals surface area contributed by atoms with Crippen LogP contribution in [0, 0.1) is 34.5 Å². The lowest BCUT2D eigenvalue weighted by molar-refractivity contribution is -0.120. The van der Waals surface area contributed by atoms with E-state index >= 15 is 0 Å². The fourth-order valence-corrected chi connectivity index (χ4v) is 7.53. The molecule has 0 spiro atoms. The van der Waals surface area contributed by atoms with E-state index in [1.807, 2.05) is 0 Å². The van der Waals surface area contributed by atoms with E-state index in [0.29, 0.717) is 17.3 Å². The summed E-state index contributed by atoms with van der Waals surface area (Å²) in [5.41, 5.74) is 1.97. The zero-order valence-corrected chi connectivity index (χ0v) is 15.0. The quantitative estimate of drug-likeness (QED) is 0.476. The minimum Gasteiger partial charge on any atom is -0.207 e. The molecular weight excluding hydrogens is 290 g/mol. The average molecular weight is 322 g/mol. The number of fused-ring (bicyclic) bond motifs is 5.